The van der Waals surface area contributed by atoms with Crippen molar-refractivity contribution in [2.75, 3.05) is 13.2 Å². The Balaban J connectivity index is 0.000000143. The van der Waals surface area contributed by atoms with E-state index >= 15 is 0 Å². The average molecular weight is 2010 g/mol. The van der Waals surface area contributed by atoms with Crippen LogP contribution in [0.5, 0.6) is 11.5 Å². The van der Waals surface area contributed by atoms with Crippen molar-refractivity contribution in [1.82, 2.24) is 58.2 Å². The lowest BCUT2D eigenvalue weighted by Gasteiger charge is -2.23. The summed E-state index contributed by atoms with van der Waals surface area (Å²) in [6, 6.07) is 75.0. The summed E-state index contributed by atoms with van der Waals surface area (Å²) in [5.74, 6) is 1.74. The zero-order valence-electron chi connectivity index (χ0n) is 92.9. The molecule has 19 aromatic rings. The highest BCUT2D eigenvalue weighted by atomic mass is 32.1. The first-order valence-electron chi connectivity index (χ1n) is 50.9. The maximum atomic E-state index is 5.53. The molecule has 0 spiro atoms. The molecule has 19 heteroatoms. The van der Waals surface area contributed by atoms with E-state index in [1.807, 2.05) is 78.7 Å². The van der Waals surface area contributed by atoms with Crippen molar-refractivity contribution in [3.8, 4) is 11.5 Å². The van der Waals surface area contributed by atoms with E-state index in [1.165, 1.54) is 121 Å². The molecule has 0 atom stereocenters. The molecule has 0 aliphatic carbocycles. The van der Waals surface area contributed by atoms with Crippen molar-refractivity contribution in [2.24, 2.45) is 9.98 Å². The van der Waals surface area contributed by atoms with Gasteiger partial charge in [-0.05, 0) is 264 Å². The number of fused-ring (bicyclic) bond motifs is 11. The fourth-order valence-corrected chi connectivity index (χ4v) is 17.7. The third-order valence-electron chi connectivity index (χ3n) is 25.7. The van der Waals surface area contributed by atoms with Gasteiger partial charge < -0.3 is 18.9 Å². The number of aromatic nitrogens is 12. The Bertz CT molecular complexity index is 6790. The Hall–Kier alpha value is -12.8. The Morgan fingerprint density at radius 2 is 0.774 bits per heavy atom. The molecular formula is C127H156N14O2S3. The molecule has 12 heterocycles. The molecule has 10 aromatic carbocycles. The van der Waals surface area contributed by atoms with E-state index in [1.54, 1.807) is 35.1 Å². The van der Waals surface area contributed by atoms with Crippen LogP contribution in [0.3, 0.4) is 0 Å². The predicted molar refractivity (Wildman–Crippen MR) is 627 cm³/mol. The van der Waals surface area contributed by atoms with Crippen LogP contribution in [0.2, 0.25) is 0 Å². The third kappa shape index (κ3) is 31.6. The molecule has 16 nitrogen and oxygen atoms in total. The van der Waals surface area contributed by atoms with Crippen LogP contribution >= 0.6 is 34.4 Å². The van der Waals surface area contributed by atoms with Crippen molar-refractivity contribution in [3.63, 3.8) is 0 Å². The summed E-state index contributed by atoms with van der Waals surface area (Å²) < 4.78 is 24.0. The van der Waals surface area contributed by atoms with Gasteiger partial charge in [0.05, 0.1) is 83.7 Å². The second kappa shape index (κ2) is 46.5. The summed E-state index contributed by atoms with van der Waals surface area (Å²) in [7, 11) is 0. The lowest BCUT2D eigenvalue weighted by atomic mass is 9.85. The molecule has 0 fully saturated rings. The largest absolute Gasteiger partial charge is 0.486 e. The topological polar surface area (TPSA) is 195 Å². The molecule has 9 aromatic heterocycles. The highest BCUT2D eigenvalue weighted by Gasteiger charge is 2.25. The second-order valence-electron chi connectivity index (χ2n) is 49.1. The fourth-order valence-electron chi connectivity index (χ4n) is 15.8. The number of H-pyrrole nitrogens is 2. The van der Waals surface area contributed by atoms with Gasteiger partial charge in [0.15, 0.2) is 11.5 Å². The zero-order valence-corrected chi connectivity index (χ0v) is 95.3. The SMILES string of the molecule is CC(C)(C)c1ccc2[nH]ccc2c1.CC(C)(C)c1ccc2[nH]ncc2c1.CC(C)(C)c1ccc2c(c1)CC=N2.CC(C)(C)c1ccc2c(c1)CN=C2.CC(C)(C)c1ccc2c(c1)OCCO2.CC(C)(C)c1ccc2ncccc2c1.CC(C)(C)c1ccc2nccn2c1.CC(C)(C)c1ccc2nccnc2c1.CC(C)(C)c1ccc2ncsc2c1.CC(C)(C)c1ccc2nsnc2c1.CC(C)(C)c1ccc2scnc2c1. The minimum absolute atomic E-state index is 0.163. The molecule has 0 amide bonds. The van der Waals surface area contributed by atoms with Crippen LogP contribution in [-0.4, -0.2) is 83.9 Å². The Morgan fingerprint density at radius 1 is 0.322 bits per heavy atom. The standard InChI is InChI=1S/C13H15N.C12H14N2.3C12H15N.C12H16O2.2C11H14N2.2C11H13NS.C10H12N2S/c1-13(2,3)11-6-7-12-10(9-11)5-4-8-14-12;1-12(2,3)9-4-5-10-11(8-9)14-7-6-13-10;1-12(2,3)11-5-4-9-7-13-8-10(9)6-11;2*1-12(2,3)10-4-5-11-9(8-10)6-7-13-11;1-12(2,3)9-4-5-10-11(8-9)14-7-6-13-10;1-11(2,3)9-4-5-10-8(6-9)7-12-13-10;1-11(2,3)9-4-5-10-12-6-7-13(10)8-9;1-11(2,3)8-4-5-10-9(6-8)12-7-13-10;1-11(2,3)8-4-5-9-10(6-8)13-7-12-9;1-10(2,3)7-4-5-8-9(6-7)12-13-11-8/h4-9H,1-3H3;4-8H,1-3H3;4-7H,8H2,1-3H3;4-5,7-8H,6H2,1-3H3;4-8,13H,1-3H3;4-5,8H,6-7H2,1-3H3;4-7H,1-3H3,(H,12,13);4-8H,1-3H3;2*4-7H,1-3H3;4-6H,1-3H3. The van der Waals surface area contributed by atoms with Gasteiger partial charge in [-0.2, -0.15) is 13.8 Å². The van der Waals surface area contributed by atoms with Gasteiger partial charge in [0.2, 0.25) is 0 Å². The molecule has 764 valence electrons. The summed E-state index contributed by atoms with van der Waals surface area (Å²) >= 11 is 4.67. The number of rotatable bonds is 0. The summed E-state index contributed by atoms with van der Waals surface area (Å²) in [4.78, 5) is 37.4. The van der Waals surface area contributed by atoms with Crippen molar-refractivity contribution < 1.29 is 9.47 Å². The van der Waals surface area contributed by atoms with Gasteiger partial charge in [0.25, 0.3) is 0 Å². The van der Waals surface area contributed by atoms with Gasteiger partial charge in [-0.15, -0.1) is 22.7 Å². The van der Waals surface area contributed by atoms with Crippen LogP contribution < -0.4 is 9.47 Å². The Labute approximate surface area is 881 Å². The van der Waals surface area contributed by atoms with Crippen LogP contribution in [0.1, 0.15) is 306 Å². The molecule has 0 bridgehead atoms. The van der Waals surface area contributed by atoms with Gasteiger partial charge in [0, 0.05) is 78.5 Å². The first-order chi connectivity index (χ1) is 68.3. The number of hydrogen-bond donors (Lipinski definition) is 2. The molecule has 146 heavy (non-hydrogen) atoms. The second-order valence-corrected chi connectivity index (χ2v) is 51.4. The number of benzene rings is 10. The molecule has 0 radical (unpaired) electrons. The van der Waals surface area contributed by atoms with E-state index in [0.717, 1.165) is 79.9 Å². The highest BCUT2D eigenvalue weighted by molar-refractivity contribution is 7.17. The smallest absolute Gasteiger partial charge is 0.161 e. The van der Waals surface area contributed by atoms with Crippen LogP contribution in [0.15, 0.2) is 283 Å². The molecule has 22 rings (SSSR count). The van der Waals surface area contributed by atoms with E-state index in [2.05, 4.69) is 491 Å². The lowest BCUT2D eigenvalue weighted by molar-refractivity contribution is 0.171. The van der Waals surface area contributed by atoms with E-state index < -0.39 is 0 Å². The van der Waals surface area contributed by atoms with Crippen LogP contribution in [0.4, 0.5) is 5.69 Å². The van der Waals surface area contributed by atoms with Crippen molar-refractivity contribution in [2.45, 2.75) is 301 Å². The number of imidazole rings is 1. The molecule has 0 saturated carbocycles. The molecule has 3 aliphatic rings. The number of aromatic amines is 2. The maximum Gasteiger partial charge on any atom is 0.161 e. The molecule has 0 saturated heterocycles. The first-order valence-corrected chi connectivity index (χ1v) is 53.4. The number of aliphatic imine (C=N–C) groups is 2. The van der Waals surface area contributed by atoms with Gasteiger partial charge in [-0.25, -0.2) is 15.0 Å². The van der Waals surface area contributed by atoms with Crippen LogP contribution in [-0.2, 0) is 72.5 Å². The zero-order chi connectivity index (χ0) is 106. The molecule has 0 unspecified atom stereocenters. The minimum Gasteiger partial charge on any atom is -0.486 e. The minimum atomic E-state index is 0.163. The number of nitrogens with zero attached hydrogens (tertiary/aromatic N) is 12. The number of pyridine rings is 2. The van der Waals surface area contributed by atoms with Gasteiger partial charge >= 0.3 is 0 Å². The summed E-state index contributed by atoms with van der Waals surface area (Å²) in [5.41, 5.74) is 36.7. The number of nitrogens with one attached hydrogen (secondary N) is 2. The summed E-state index contributed by atoms with van der Waals surface area (Å²) in [6.45, 7) is 75.4. The van der Waals surface area contributed by atoms with E-state index in [9.17, 15) is 0 Å². The summed E-state index contributed by atoms with van der Waals surface area (Å²) in [5, 5.41) is 10.7. The molecule has 2 N–H and O–H groups in total. The van der Waals surface area contributed by atoms with E-state index in [0.29, 0.717) is 13.2 Å². The van der Waals surface area contributed by atoms with Gasteiger partial charge in [-0.3, -0.25) is 30.0 Å². The lowest BCUT2D eigenvalue weighted by Crippen LogP contribution is -2.17. The Kier molecular flexibility index (Phi) is 35.7. The number of thiazole rings is 2. The van der Waals surface area contributed by atoms with Crippen molar-refractivity contribution in [1.29, 1.82) is 0 Å². The molecular weight excluding hydrogens is 1850 g/mol. The van der Waals surface area contributed by atoms with Crippen molar-refractivity contribution in [3.05, 3.63) is 351 Å². The molecule has 3 aliphatic heterocycles. The first kappa shape index (κ1) is 112. The highest BCUT2D eigenvalue weighted by Crippen LogP contribution is 2.39. The quantitative estimate of drug-likeness (QED) is 0.147. The van der Waals surface area contributed by atoms with Crippen molar-refractivity contribution >= 4 is 133 Å². The number of hydrogen-bond acceptors (Lipinski definition) is 16. The maximum absolute atomic E-state index is 5.53. The summed E-state index contributed by atoms with van der Waals surface area (Å²) in [6.07, 6.45) is 20.0. The van der Waals surface area contributed by atoms with E-state index in [-0.39, 0.29) is 59.6 Å². The third-order valence-corrected chi connectivity index (χ3v) is 27.9. The van der Waals surface area contributed by atoms with Crippen LogP contribution in [0.25, 0.3) is 80.9 Å². The van der Waals surface area contributed by atoms with E-state index in [4.69, 9.17) is 9.47 Å². The fraction of sp³-hybridized carbons (Fsp3) is 0.378. The van der Waals surface area contributed by atoms with Crippen LogP contribution in [0, 0.1) is 0 Å². The van der Waals surface area contributed by atoms with Gasteiger partial charge in [-0.1, -0.05) is 319 Å². The van der Waals surface area contributed by atoms with Gasteiger partial charge in [0.1, 0.15) is 29.9 Å². The monoisotopic (exact) mass is 2010 g/mol. The Morgan fingerprint density at radius 3 is 1.39 bits per heavy atom. The number of ether oxygens (including phenoxy) is 2. The predicted octanol–water partition coefficient (Wildman–Crippen LogP) is 34.5. The normalized spacial score (nSPS) is 12.9. The average Bonchev–Trinajstić information content (AvgIpc) is 1.79.